The van der Waals surface area contributed by atoms with E-state index in [0.29, 0.717) is 13.1 Å². The first-order valence-electron chi connectivity index (χ1n) is 13.1. The van der Waals surface area contributed by atoms with Gasteiger partial charge in [-0.25, -0.2) is 0 Å². The highest BCUT2D eigenvalue weighted by atomic mass is 35.5. The molecule has 2 heterocycles. The minimum atomic E-state index is -0.438. The Morgan fingerprint density at radius 2 is 1.16 bits per heavy atom. The van der Waals surface area contributed by atoms with Gasteiger partial charge in [-0.3, -0.25) is 9.80 Å². The number of rotatable bonds is 7. The Balaban J connectivity index is 1.15. The van der Waals surface area contributed by atoms with Crippen molar-refractivity contribution in [3.63, 3.8) is 0 Å². The normalized spacial score (nSPS) is 16.8. The van der Waals surface area contributed by atoms with E-state index in [1.165, 1.54) is 32.9 Å². The van der Waals surface area contributed by atoms with Crippen LogP contribution in [0.4, 0.5) is 0 Å². The molecule has 1 aromatic heterocycles. The molecular formula is C32H32ClN3O. The highest BCUT2D eigenvalue weighted by Gasteiger charge is 2.27. The first-order valence-corrected chi connectivity index (χ1v) is 13.5. The van der Waals surface area contributed by atoms with Crippen LogP contribution in [-0.4, -0.2) is 58.3 Å². The van der Waals surface area contributed by atoms with Crippen LogP contribution in [0.5, 0.6) is 0 Å². The Kier molecular flexibility index (Phi) is 6.99. The Hall–Kier alpha value is -3.15. The molecule has 4 nitrogen and oxygen atoms in total. The van der Waals surface area contributed by atoms with Gasteiger partial charge in [0.2, 0.25) is 0 Å². The van der Waals surface area contributed by atoms with E-state index in [0.717, 1.165) is 31.2 Å². The zero-order valence-electron chi connectivity index (χ0n) is 20.9. The average Bonchev–Trinajstić information content (AvgIpc) is 3.25. The summed E-state index contributed by atoms with van der Waals surface area (Å²) in [7, 11) is 0. The van der Waals surface area contributed by atoms with E-state index in [4.69, 9.17) is 11.6 Å². The van der Waals surface area contributed by atoms with Crippen LogP contribution in [0.25, 0.3) is 21.8 Å². The van der Waals surface area contributed by atoms with Crippen molar-refractivity contribution >= 4 is 33.4 Å². The van der Waals surface area contributed by atoms with Gasteiger partial charge in [-0.2, -0.15) is 0 Å². The van der Waals surface area contributed by atoms with Gasteiger partial charge in [0.05, 0.1) is 18.7 Å². The largest absolute Gasteiger partial charge is 0.390 e. The number of para-hydroxylation sites is 2. The maximum absolute atomic E-state index is 11.2. The smallest absolute Gasteiger partial charge is 0.0845 e. The number of benzene rings is 4. The molecule has 2 unspecified atom stereocenters. The number of β-amino-alcohol motifs (C(OH)–C–C–N with tert-alkyl or cyclic N) is 1. The molecule has 0 aliphatic carbocycles. The predicted molar refractivity (Wildman–Crippen MR) is 153 cm³/mol. The molecule has 5 aromatic rings. The van der Waals surface area contributed by atoms with E-state index in [9.17, 15) is 5.11 Å². The van der Waals surface area contributed by atoms with Crippen LogP contribution in [-0.2, 0) is 6.54 Å². The van der Waals surface area contributed by atoms with Crippen LogP contribution in [0.2, 0.25) is 5.02 Å². The molecular weight excluding hydrogens is 478 g/mol. The predicted octanol–water partition coefficient (Wildman–Crippen LogP) is 6.22. The van der Waals surface area contributed by atoms with Crippen LogP contribution in [0.1, 0.15) is 17.2 Å². The number of aromatic nitrogens is 1. The fraction of sp³-hybridized carbons (Fsp3) is 0.250. The number of hydrogen-bond donors (Lipinski definition) is 1. The molecule has 1 N–H and O–H groups in total. The summed E-state index contributed by atoms with van der Waals surface area (Å²) in [5.74, 6) is 0. The summed E-state index contributed by atoms with van der Waals surface area (Å²) in [5.41, 5.74) is 4.92. The van der Waals surface area contributed by atoms with Gasteiger partial charge in [0.1, 0.15) is 0 Å². The molecule has 4 aromatic carbocycles. The number of aliphatic hydroxyl groups excluding tert-OH is 1. The van der Waals surface area contributed by atoms with E-state index in [2.05, 4.69) is 105 Å². The van der Waals surface area contributed by atoms with Crippen LogP contribution >= 0.6 is 11.6 Å². The summed E-state index contributed by atoms with van der Waals surface area (Å²) in [6.45, 7) is 5.02. The van der Waals surface area contributed by atoms with Crippen LogP contribution < -0.4 is 0 Å². The fourth-order valence-corrected chi connectivity index (χ4v) is 5.99. The standard InChI is InChI=1S/C32H32ClN3O/c33-26-16-14-25(15-17-26)32(24-8-2-1-3-9-24)35-20-18-34(19-21-35)22-27(37)23-36-30-12-6-4-10-28(30)29-11-5-7-13-31(29)36/h1-17,27,32,37H,18-23H2. The number of aliphatic hydroxyl groups is 1. The Morgan fingerprint density at radius 1 is 0.622 bits per heavy atom. The van der Waals surface area contributed by atoms with Gasteiger partial charge in [-0.05, 0) is 35.4 Å². The van der Waals surface area contributed by atoms with Gasteiger partial charge in [-0.1, -0.05) is 90.5 Å². The third-order valence-corrected chi connectivity index (χ3v) is 7.87. The third-order valence-electron chi connectivity index (χ3n) is 7.62. The first kappa shape index (κ1) is 24.2. The van der Waals surface area contributed by atoms with Crippen molar-refractivity contribution in [2.45, 2.75) is 18.7 Å². The van der Waals surface area contributed by atoms with Gasteiger partial charge in [-0.15, -0.1) is 0 Å². The van der Waals surface area contributed by atoms with Crippen LogP contribution in [0, 0.1) is 0 Å². The Bertz CT molecular complexity index is 1420. The van der Waals surface area contributed by atoms with Gasteiger partial charge < -0.3 is 9.67 Å². The molecule has 1 aliphatic heterocycles. The molecule has 0 bridgehead atoms. The monoisotopic (exact) mass is 509 g/mol. The molecule has 0 amide bonds. The molecule has 1 saturated heterocycles. The van der Waals surface area contributed by atoms with Gasteiger partial charge >= 0.3 is 0 Å². The molecule has 0 spiro atoms. The van der Waals surface area contributed by atoms with Crippen LogP contribution in [0.3, 0.4) is 0 Å². The lowest BCUT2D eigenvalue weighted by atomic mass is 9.96. The lowest BCUT2D eigenvalue weighted by molar-refractivity contribution is 0.0565. The minimum absolute atomic E-state index is 0.197. The number of nitrogens with zero attached hydrogens (tertiary/aromatic N) is 3. The summed E-state index contributed by atoms with van der Waals surface area (Å²) < 4.78 is 2.28. The molecule has 1 aliphatic rings. The second kappa shape index (κ2) is 10.7. The van der Waals surface area contributed by atoms with E-state index in [1.54, 1.807) is 0 Å². The van der Waals surface area contributed by atoms with Crippen molar-refractivity contribution in [3.05, 3.63) is 119 Å². The Morgan fingerprint density at radius 3 is 1.78 bits per heavy atom. The number of hydrogen-bond acceptors (Lipinski definition) is 3. The molecule has 37 heavy (non-hydrogen) atoms. The first-order chi connectivity index (χ1) is 18.2. The molecule has 2 atom stereocenters. The van der Waals surface area contributed by atoms with Crippen molar-refractivity contribution in [1.82, 2.24) is 14.4 Å². The van der Waals surface area contributed by atoms with Crippen LogP contribution in [0.15, 0.2) is 103 Å². The molecule has 188 valence electrons. The van der Waals surface area contributed by atoms with E-state index < -0.39 is 6.10 Å². The van der Waals surface area contributed by atoms with Crippen molar-refractivity contribution in [2.75, 3.05) is 32.7 Å². The number of halogens is 1. The molecule has 0 radical (unpaired) electrons. The highest BCUT2D eigenvalue weighted by Crippen LogP contribution is 2.31. The van der Waals surface area contributed by atoms with E-state index >= 15 is 0 Å². The maximum atomic E-state index is 11.2. The lowest BCUT2D eigenvalue weighted by Gasteiger charge is -2.40. The highest BCUT2D eigenvalue weighted by molar-refractivity contribution is 6.30. The SMILES string of the molecule is OC(CN1CCN(C(c2ccccc2)c2ccc(Cl)cc2)CC1)Cn1c2ccccc2c2ccccc21. The minimum Gasteiger partial charge on any atom is -0.390 e. The maximum Gasteiger partial charge on any atom is 0.0845 e. The Labute approximate surface area is 223 Å². The van der Waals surface area contributed by atoms with Gasteiger partial charge in [0.15, 0.2) is 0 Å². The third kappa shape index (κ3) is 5.03. The summed E-state index contributed by atoms with van der Waals surface area (Å²) in [6, 6.07) is 36.1. The van der Waals surface area contributed by atoms with Gasteiger partial charge in [0, 0.05) is 59.6 Å². The van der Waals surface area contributed by atoms with Crippen molar-refractivity contribution in [1.29, 1.82) is 0 Å². The zero-order valence-corrected chi connectivity index (χ0v) is 21.6. The molecule has 5 heteroatoms. The number of fused-ring (bicyclic) bond motifs is 3. The quantitative estimate of drug-likeness (QED) is 0.283. The topological polar surface area (TPSA) is 31.6 Å². The lowest BCUT2D eigenvalue weighted by Crippen LogP contribution is -2.50. The second-order valence-electron chi connectivity index (χ2n) is 10.0. The van der Waals surface area contributed by atoms with Crippen molar-refractivity contribution in [3.8, 4) is 0 Å². The van der Waals surface area contributed by atoms with E-state index in [1.807, 2.05) is 12.1 Å². The summed E-state index contributed by atoms with van der Waals surface area (Å²) >= 11 is 6.19. The van der Waals surface area contributed by atoms with Crippen molar-refractivity contribution < 1.29 is 5.11 Å². The number of piperazine rings is 1. The molecule has 6 rings (SSSR count). The van der Waals surface area contributed by atoms with E-state index in [-0.39, 0.29) is 6.04 Å². The van der Waals surface area contributed by atoms with Gasteiger partial charge in [0.25, 0.3) is 0 Å². The second-order valence-corrected chi connectivity index (χ2v) is 10.4. The average molecular weight is 510 g/mol. The molecule has 1 fully saturated rings. The molecule has 0 saturated carbocycles. The van der Waals surface area contributed by atoms with Crippen molar-refractivity contribution in [2.24, 2.45) is 0 Å². The zero-order chi connectivity index (χ0) is 25.2. The fourth-order valence-electron chi connectivity index (χ4n) is 5.87. The summed E-state index contributed by atoms with van der Waals surface area (Å²) in [4.78, 5) is 4.95. The summed E-state index contributed by atoms with van der Waals surface area (Å²) in [6.07, 6.45) is -0.438. The summed E-state index contributed by atoms with van der Waals surface area (Å²) in [5, 5.41) is 14.4.